The molecule has 2 heterocycles. The second-order valence-corrected chi connectivity index (χ2v) is 4.91. The minimum Gasteiger partial charge on any atom is -0.242 e. The van der Waals surface area contributed by atoms with Gasteiger partial charge in [-0.3, -0.25) is 0 Å². The normalized spacial score (nSPS) is 12.0. The molecule has 0 fully saturated rings. The molecule has 5 heteroatoms. The Hall–Kier alpha value is -1.10. The molecule has 0 atom stereocenters. The molecule has 0 saturated carbocycles. The molecule has 0 aliphatic heterocycles. The first-order valence-electron chi connectivity index (χ1n) is 3.59. The Kier molecular flexibility index (Phi) is 1.73. The van der Waals surface area contributed by atoms with Crippen molar-refractivity contribution in [3.63, 3.8) is 0 Å². The summed E-state index contributed by atoms with van der Waals surface area (Å²) in [6.45, 7) is 0. The largest absolute Gasteiger partial charge is 0.242 e. The van der Waals surface area contributed by atoms with Crippen molar-refractivity contribution in [2.45, 2.75) is 5.03 Å². The van der Waals surface area contributed by atoms with Crippen molar-refractivity contribution in [1.82, 2.24) is 19.6 Å². The SMILES string of the molecule is C[SH](C)c1ncnn2cncc12. The third-order valence-corrected chi connectivity index (χ3v) is 2.82. The Labute approximate surface area is 73.0 Å². The molecule has 0 amide bonds. The molecule has 4 nitrogen and oxygen atoms in total. The van der Waals surface area contributed by atoms with Gasteiger partial charge < -0.3 is 0 Å². The number of hydrogen-bond donors (Lipinski definition) is 1. The molecule has 2 rings (SSSR count). The molecule has 64 valence electrons. The van der Waals surface area contributed by atoms with Gasteiger partial charge >= 0.3 is 0 Å². The van der Waals surface area contributed by atoms with Crippen molar-refractivity contribution >= 4 is 16.4 Å². The van der Waals surface area contributed by atoms with Crippen LogP contribution in [-0.4, -0.2) is 32.1 Å². The van der Waals surface area contributed by atoms with E-state index in [2.05, 4.69) is 27.6 Å². The fourth-order valence-electron chi connectivity index (χ4n) is 1.09. The average molecular weight is 182 g/mol. The van der Waals surface area contributed by atoms with Crippen LogP contribution in [0.1, 0.15) is 0 Å². The molecule has 12 heavy (non-hydrogen) atoms. The first-order chi connectivity index (χ1) is 5.79. The Morgan fingerprint density at radius 2 is 2.25 bits per heavy atom. The fraction of sp³-hybridized carbons (Fsp3) is 0.286. The van der Waals surface area contributed by atoms with Crippen molar-refractivity contribution in [1.29, 1.82) is 0 Å². The van der Waals surface area contributed by atoms with Gasteiger partial charge in [0.1, 0.15) is 23.2 Å². The zero-order valence-corrected chi connectivity index (χ0v) is 7.86. The molecule has 0 saturated heterocycles. The average Bonchev–Trinajstić information content (AvgIpc) is 2.49. The van der Waals surface area contributed by atoms with E-state index in [1.165, 1.54) is 0 Å². The van der Waals surface area contributed by atoms with Crippen molar-refractivity contribution in [2.24, 2.45) is 0 Å². The number of fused-ring (bicyclic) bond motifs is 1. The van der Waals surface area contributed by atoms with Crippen molar-refractivity contribution in [3.8, 4) is 0 Å². The molecule has 2 aromatic rings. The van der Waals surface area contributed by atoms with Gasteiger partial charge in [-0.1, -0.05) is 0 Å². The van der Waals surface area contributed by atoms with Gasteiger partial charge in [0.2, 0.25) is 0 Å². The molecular formula is C7H10N4S. The van der Waals surface area contributed by atoms with E-state index in [9.17, 15) is 0 Å². The van der Waals surface area contributed by atoms with E-state index in [0.29, 0.717) is 0 Å². The molecule has 0 unspecified atom stereocenters. The van der Waals surface area contributed by atoms with E-state index in [1.54, 1.807) is 23.4 Å². The molecule has 2 aromatic heterocycles. The third kappa shape index (κ3) is 1.06. The van der Waals surface area contributed by atoms with E-state index < -0.39 is 0 Å². The molecule has 0 N–H and O–H groups in total. The highest BCUT2D eigenvalue weighted by Crippen LogP contribution is 2.28. The predicted octanol–water partition coefficient (Wildman–Crippen LogP) is 0.744. The van der Waals surface area contributed by atoms with Gasteiger partial charge in [0.25, 0.3) is 0 Å². The minimum atomic E-state index is -0.182. The summed E-state index contributed by atoms with van der Waals surface area (Å²) in [4.78, 5) is 8.25. The van der Waals surface area contributed by atoms with Crippen molar-refractivity contribution < 1.29 is 0 Å². The summed E-state index contributed by atoms with van der Waals surface area (Å²) >= 11 is 0. The lowest BCUT2D eigenvalue weighted by Gasteiger charge is -2.08. The summed E-state index contributed by atoms with van der Waals surface area (Å²) in [5.74, 6) is 0. The van der Waals surface area contributed by atoms with Crippen LogP contribution in [0.5, 0.6) is 0 Å². The first-order valence-corrected chi connectivity index (χ1v) is 5.83. The Morgan fingerprint density at radius 1 is 1.42 bits per heavy atom. The maximum Gasteiger partial charge on any atom is 0.137 e. The molecule has 0 spiro atoms. The van der Waals surface area contributed by atoms with Gasteiger partial charge in [0, 0.05) is 0 Å². The molecule has 0 radical (unpaired) electrons. The van der Waals surface area contributed by atoms with Crippen LogP contribution in [0, 0.1) is 0 Å². The summed E-state index contributed by atoms with van der Waals surface area (Å²) in [6, 6.07) is 0. The highest BCUT2D eigenvalue weighted by molar-refractivity contribution is 8.15. The number of hydrogen-bond acceptors (Lipinski definition) is 3. The summed E-state index contributed by atoms with van der Waals surface area (Å²) in [6.07, 6.45) is 9.42. The minimum absolute atomic E-state index is 0.182. The highest BCUT2D eigenvalue weighted by atomic mass is 32.2. The first kappa shape index (κ1) is 7.54. The van der Waals surface area contributed by atoms with E-state index in [1.807, 2.05) is 0 Å². The molecule has 0 bridgehead atoms. The second-order valence-electron chi connectivity index (χ2n) is 2.70. The summed E-state index contributed by atoms with van der Waals surface area (Å²) in [7, 11) is -0.182. The lowest BCUT2D eigenvalue weighted by atomic mass is 10.6. The molecule has 0 aromatic carbocycles. The maximum absolute atomic E-state index is 4.24. The van der Waals surface area contributed by atoms with Crippen LogP contribution in [0.4, 0.5) is 0 Å². The van der Waals surface area contributed by atoms with Crippen LogP contribution < -0.4 is 0 Å². The van der Waals surface area contributed by atoms with Crippen molar-refractivity contribution in [3.05, 3.63) is 18.9 Å². The lowest BCUT2D eigenvalue weighted by Crippen LogP contribution is -1.94. The zero-order chi connectivity index (χ0) is 8.55. The molecule has 0 aliphatic rings. The smallest absolute Gasteiger partial charge is 0.137 e. The van der Waals surface area contributed by atoms with Crippen LogP contribution >= 0.6 is 10.9 Å². The lowest BCUT2D eigenvalue weighted by molar-refractivity contribution is 0.857. The van der Waals surface area contributed by atoms with Gasteiger partial charge in [-0.15, -0.1) is 0 Å². The van der Waals surface area contributed by atoms with E-state index in [4.69, 9.17) is 0 Å². The fourth-order valence-corrected chi connectivity index (χ4v) is 1.99. The van der Waals surface area contributed by atoms with Gasteiger partial charge in [0.15, 0.2) is 0 Å². The molecule has 0 aliphatic carbocycles. The van der Waals surface area contributed by atoms with Gasteiger partial charge in [-0.2, -0.15) is 5.10 Å². The number of nitrogens with zero attached hydrogens (tertiary/aromatic N) is 4. The standard InChI is InChI=1S/C7H10N4S/c1-12(2)7-6-3-8-5-11(6)10-4-9-7/h3-5,12H,1-2H3. The zero-order valence-electron chi connectivity index (χ0n) is 6.97. The van der Waals surface area contributed by atoms with Gasteiger partial charge in [0.05, 0.1) is 6.20 Å². The topological polar surface area (TPSA) is 43.1 Å². The maximum atomic E-state index is 4.24. The van der Waals surface area contributed by atoms with Crippen LogP contribution in [0.3, 0.4) is 0 Å². The van der Waals surface area contributed by atoms with E-state index in [0.717, 1.165) is 10.5 Å². The number of rotatable bonds is 1. The summed E-state index contributed by atoms with van der Waals surface area (Å²) in [5.41, 5.74) is 1.02. The second kappa shape index (κ2) is 2.75. The Balaban J connectivity index is 2.73. The Bertz CT molecular complexity index is 395. The quantitative estimate of drug-likeness (QED) is 0.662. The number of aromatic nitrogens is 4. The monoisotopic (exact) mass is 182 g/mol. The van der Waals surface area contributed by atoms with Crippen LogP contribution in [-0.2, 0) is 0 Å². The van der Waals surface area contributed by atoms with E-state index >= 15 is 0 Å². The van der Waals surface area contributed by atoms with Crippen LogP contribution in [0.2, 0.25) is 0 Å². The number of imidazole rings is 1. The number of thiol groups is 1. The summed E-state index contributed by atoms with van der Waals surface area (Å²) in [5, 5.41) is 5.15. The highest BCUT2D eigenvalue weighted by Gasteiger charge is 2.04. The van der Waals surface area contributed by atoms with Crippen molar-refractivity contribution in [2.75, 3.05) is 12.5 Å². The predicted molar refractivity (Wildman–Crippen MR) is 49.9 cm³/mol. The Morgan fingerprint density at radius 3 is 3.00 bits per heavy atom. The molecular weight excluding hydrogens is 172 g/mol. The van der Waals surface area contributed by atoms with Gasteiger partial charge in [-0.25, -0.2) is 25.4 Å². The van der Waals surface area contributed by atoms with Gasteiger partial charge in [-0.05, 0) is 12.5 Å². The summed E-state index contributed by atoms with van der Waals surface area (Å²) < 4.78 is 1.75. The van der Waals surface area contributed by atoms with Crippen LogP contribution in [0.25, 0.3) is 5.52 Å². The van der Waals surface area contributed by atoms with Crippen LogP contribution in [0.15, 0.2) is 23.9 Å². The van der Waals surface area contributed by atoms with E-state index in [-0.39, 0.29) is 10.9 Å². The third-order valence-electron chi connectivity index (χ3n) is 1.63.